The predicted octanol–water partition coefficient (Wildman–Crippen LogP) is 8.52. The van der Waals surface area contributed by atoms with E-state index in [9.17, 15) is 24.3 Å². The maximum absolute atomic E-state index is 13.0. The first kappa shape index (κ1) is 52.4. The van der Waals surface area contributed by atoms with Crippen molar-refractivity contribution in [1.82, 2.24) is 15.6 Å². The second-order valence-electron chi connectivity index (χ2n) is 15.7. The van der Waals surface area contributed by atoms with Gasteiger partial charge in [0, 0.05) is 72.9 Å². The molecule has 5 N–H and O–H groups in total. The van der Waals surface area contributed by atoms with Crippen LogP contribution >= 0.6 is 23.5 Å². The van der Waals surface area contributed by atoms with Crippen LogP contribution in [0.2, 0.25) is 5.02 Å². The Kier molecular flexibility index (Phi) is 20.0. The van der Waals surface area contributed by atoms with Crippen molar-refractivity contribution < 1.29 is 52.7 Å². The van der Waals surface area contributed by atoms with Crippen LogP contribution in [0.1, 0.15) is 34.1 Å². The summed E-state index contributed by atoms with van der Waals surface area (Å²) < 4.78 is 37.9. The van der Waals surface area contributed by atoms with Crippen LogP contribution in [0.4, 0.5) is 17.1 Å². The van der Waals surface area contributed by atoms with Gasteiger partial charge in [-0.1, -0.05) is 42.8 Å². The molecule has 0 saturated carbocycles. The molecule has 1 heterocycles. The Labute approximate surface area is 415 Å². The van der Waals surface area contributed by atoms with Crippen molar-refractivity contribution in [3.8, 4) is 34.1 Å². The number of amides is 3. The number of nitrogens with one attached hydrogen (secondary N) is 4. The topological polar surface area (TPSA) is 202 Å². The summed E-state index contributed by atoms with van der Waals surface area (Å²) in [6.45, 7) is 4.71. The zero-order valence-electron chi connectivity index (χ0n) is 39.4. The zero-order valence-corrected chi connectivity index (χ0v) is 41.0. The highest BCUT2D eigenvalue weighted by Gasteiger charge is 2.18. The number of hydrogen-bond donors (Lipinski definition) is 5. The minimum absolute atomic E-state index is 0.129. The van der Waals surface area contributed by atoms with E-state index in [0.717, 1.165) is 29.0 Å². The van der Waals surface area contributed by atoms with Crippen LogP contribution in [-0.4, -0.2) is 121 Å². The van der Waals surface area contributed by atoms with Crippen LogP contribution < -0.4 is 39.4 Å². The molecule has 0 aliphatic rings. The van der Waals surface area contributed by atoms with Gasteiger partial charge in [0.2, 0.25) is 12.3 Å². The second-order valence-corrected chi connectivity index (χ2v) is 17.0. The Morgan fingerprint density at radius 2 is 1.47 bits per heavy atom. The molecule has 17 nitrogen and oxygen atoms in total. The third-order valence-electron chi connectivity index (χ3n) is 10.3. The van der Waals surface area contributed by atoms with Gasteiger partial charge in [-0.2, -0.15) is 0 Å². The quantitative estimate of drug-likeness (QED) is 0.0170. The van der Waals surface area contributed by atoms with Crippen molar-refractivity contribution in [2.75, 3.05) is 102 Å². The molecule has 3 amide bonds. The van der Waals surface area contributed by atoms with Crippen LogP contribution in [0.3, 0.4) is 0 Å². The second kappa shape index (κ2) is 26.7. The number of aromatic amines is 1. The van der Waals surface area contributed by atoms with Gasteiger partial charge in [0.1, 0.15) is 30.5 Å². The molecule has 0 fully saturated rings. The van der Waals surface area contributed by atoms with E-state index >= 15 is 0 Å². The molecule has 0 saturated heterocycles. The van der Waals surface area contributed by atoms with Crippen LogP contribution in [0.5, 0.6) is 23.0 Å². The molecular weight excluding hydrogens is 940 g/mol. The highest BCUT2D eigenvalue weighted by atomic mass is 35.5. The summed E-state index contributed by atoms with van der Waals surface area (Å²) in [4.78, 5) is 55.8. The van der Waals surface area contributed by atoms with Gasteiger partial charge in [-0.05, 0) is 84.6 Å². The minimum Gasteiger partial charge on any atom is -0.493 e. The number of hydrogen-bond acceptors (Lipinski definition) is 13. The fraction of sp³-hybridized carbons (Fsp3) is 0.294. The lowest BCUT2D eigenvalue weighted by Gasteiger charge is -2.24. The number of rotatable bonds is 29. The molecule has 370 valence electrons. The molecule has 0 spiro atoms. The molecule has 0 bridgehead atoms. The highest BCUT2D eigenvalue weighted by Crippen LogP contribution is 2.42. The number of halogens is 1. The fourth-order valence-electron chi connectivity index (χ4n) is 6.83. The number of carbonyl (C=O) groups excluding carboxylic acids is 3. The molecule has 70 heavy (non-hydrogen) atoms. The number of aromatic nitrogens is 1. The zero-order chi connectivity index (χ0) is 49.8. The molecule has 0 aliphatic heterocycles. The number of nitrogens with zero attached hydrogens (tertiary/aromatic N) is 2. The van der Waals surface area contributed by atoms with Gasteiger partial charge in [-0.15, -0.1) is 0 Å². The highest BCUT2D eigenvalue weighted by molar-refractivity contribution is 8.00. The smallest absolute Gasteiger partial charge is 0.337 e. The van der Waals surface area contributed by atoms with Crippen molar-refractivity contribution >= 4 is 75.7 Å². The molecule has 0 unspecified atom stereocenters. The van der Waals surface area contributed by atoms with E-state index in [0.29, 0.717) is 87.8 Å². The number of ether oxygens (including phenoxy) is 6. The molecular formula is C51H57ClN6O11S. The van der Waals surface area contributed by atoms with Crippen molar-refractivity contribution in [3.63, 3.8) is 0 Å². The van der Waals surface area contributed by atoms with Crippen molar-refractivity contribution in [2.24, 2.45) is 0 Å². The van der Waals surface area contributed by atoms with E-state index in [1.54, 1.807) is 55.6 Å². The third kappa shape index (κ3) is 15.3. The van der Waals surface area contributed by atoms with Crippen molar-refractivity contribution in [3.05, 3.63) is 119 Å². The fourth-order valence-corrected chi connectivity index (χ4v) is 7.83. The maximum atomic E-state index is 13.0. The lowest BCUT2D eigenvalue weighted by Crippen LogP contribution is -2.31. The Hall–Kier alpha value is -6.96. The number of carboxylic acid groups (broad SMARTS) is 1. The number of anilines is 3. The summed E-state index contributed by atoms with van der Waals surface area (Å²) in [6.07, 6.45) is 3.06. The first-order valence-electron chi connectivity index (χ1n) is 22.5. The van der Waals surface area contributed by atoms with E-state index in [1.165, 1.54) is 23.0 Å². The Morgan fingerprint density at radius 1 is 0.757 bits per heavy atom. The van der Waals surface area contributed by atoms with E-state index < -0.39 is 5.97 Å². The summed E-state index contributed by atoms with van der Waals surface area (Å²) in [5.74, 6) is 0.775. The molecule has 0 atom stereocenters. The van der Waals surface area contributed by atoms with Gasteiger partial charge in [0.15, 0.2) is 5.75 Å². The van der Waals surface area contributed by atoms with Crippen molar-refractivity contribution in [1.29, 1.82) is 0 Å². The summed E-state index contributed by atoms with van der Waals surface area (Å²) in [5, 5.41) is 16.1. The van der Waals surface area contributed by atoms with E-state index in [2.05, 4.69) is 20.3 Å². The lowest BCUT2D eigenvalue weighted by molar-refractivity contribution is -0.126. The normalized spacial score (nSPS) is 10.9. The largest absolute Gasteiger partial charge is 0.493 e. The van der Waals surface area contributed by atoms with E-state index in [-0.39, 0.29) is 57.0 Å². The first-order valence-corrected chi connectivity index (χ1v) is 23.7. The summed E-state index contributed by atoms with van der Waals surface area (Å²) >= 11 is 7.80. The average Bonchev–Trinajstić information content (AvgIpc) is 3.78. The van der Waals surface area contributed by atoms with E-state index in [4.69, 9.17) is 40.0 Å². The van der Waals surface area contributed by atoms with Crippen LogP contribution in [-0.2, 0) is 23.8 Å². The number of carbonyl (C=O) groups is 4. The number of carboxylic acids is 1. The Morgan fingerprint density at radius 3 is 2.21 bits per heavy atom. The van der Waals surface area contributed by atoms with Crippen LogP contribution in [0, 0.1) is 0 Å². The molecule has 5 aromatic carbocycles. The van der Waals surface area contributed by atoms with Gasteiger partial charge in [-0.25, -0.2) is 4.79 Å². The predicted molar refractivity (Wildman–Crippen MR) is 272 cm³/mol. The first-order chi connectivity index (χ1) is 33.9. The number of fused-ring (bicyclic) bond motifs is 1. The number of H-pyrrole nitrogens is 1. The summed E-state index contributed by atoms with van der Waals surface area (Å²) in [5.41, 5.74) is 4.88. The van der Waals surface area contributed by atoms with Crippen LogP contribution in [0.15, 0.2) is 108 Å². The van der Waals surface area contributed by atoms with Gasteiger partial charge in [0.25, 0.3) is 5.91 Å². The van der Waals surface area contributed by atoms with Gasteiger partial charge in [-0.3, -0.25) is 14.4 Å². The molecule has 1 aromatic heterocycles. The lowest BCUT2D eigenvalue weighted by atomic mass is 10.0. The number of aromatic carboxylic acids is 1. The van der Waals surface area contributed by atoms with E-state index in [1.807, 2.05) is 74.4 Å². The molecule has 19 heteroatoms. The van der Waals surface area contributed by atoms with Gasteiger partial charge < -0.3 is 63.7 Å². The Balaban J connectivity index is 0.836. The third-order valence-corrected chi connectivity index (χ3v) is 11.5. The Bertz CT molecular complexity index is 2700. The standard InChI is InChI=1S/C51H57ClN6O11S/c1-5-18-67-37-9-7-10-38(26-37)69-48-30-47(58(4)33-59)46(57(2)3)29-45(48)56-70-39-11-6-8-35(25-39)50(61)54-16-19-64-21-22-65-23-24-66-32-49(60)53-17-20-68-36-14-12-34(13-15-36)40-27-41-42(51(62)63)31-55-44(41)28-43(40)52/h6-15,25-31,33,55-56H,5,16-24,32H2,1-4H3,(H,53,60)(H,54,61)(H,62,63). The molecule has 0 radical (unpaired) electrons. The maximum Gasteiger partial charge on any atom is 0.337 e. The average molecular weight is 998 g/mol. The molecule has 0 aliphatic carbocycles. The summed E-state index contributed by atoms with van der Waals surface area (Å²) in [7, 11) is 5.47. The van der Waals surface area contributed by atoms with Gasteiger partial charge >= 0.3 is 5.97 Å². The molecule has 6 aromatic rings. The SMILES string of the molecule is CCCOc1cccc(Oc2cc(N(C)C=O)c(N(C)C)cc2NSc2cccc(C(=O)NCCOCCOCCOCC(=O)NCCOc3ccc(-c4cc5c(C(=O)O)c[nH]c5cc4Cl)cc3)c2)c1. The van der Waals surface area contributed by atoms with Gasteiger partial charge in [0.05, 0.1) is 73.8 Å². The van der Waals surface area contributed by atoms with Crippen LogP contribution in [0.25, 0.3) is 22.0 Å². The monoisotopic (exact) mass is 996 g/mol. The molecule has 6 rings (SSSR count). The van der Waals surface area contributed by atoms with Crippen molar-refractivity contribution in [2.45, 2.75) is 18.2 Å². The summed E-state index contributed by atoms with van der Waals surface area (Å²) in [6, 6.07) is 29.0. The number of benzene rings is 5. The minimum atomic E-state index is -1.03.